The van der Waals surface area contributed by atoms with E-state index in [-0.39, 0.29) is 5.41 Å². The summed E-state index contributed by atoms with van der Waals surface area (Å²) >= 11 is 1.70. The fourth-order valence-electron chi connectivity index (χ4n) is 2.23. The van der Waals surface area contributed by atoms with Crippen molar-refractivity contribution >= 4 is 11.3 Å². The molecule has 0 aliphatic carbocycles. The van der Waals surface area contributed by atoms with Gasteiger partial charge in [0, 0.05) is 24.2 Å². The van der Waals surface area contributed by atoms with Gasteiger partial charge in [0.05, 0.1) is 11.8 Å². The molecule has 0 bridgehead atoms. The molecule has 0 saturated carbocycles. The standard InChI is InChI=1S/C15H22N2OS/c1-15(2,3)14-12(9-17(4)16-14)13(18)6-5-11-7-8-19-10-11/h7-10,13,18H,5-6H2,1-4H3. The van der Waals surface area contributed by atoms with Crippen LogP contribution in [0.4, 0.5) is 0 Å². The lowest BCUT2D eigenvalue weighted by molar-refractivity contribution is 0.165. The van der Waals surface area contributed by atoms with Crippen molar-refractivity contribution in [2.45, 2.75) is 45.1 Å². The molecule has 0 fully saturated rings. The van der Waals surface area contributed by atoms with Gasteiger partial charge in [0.25, 0.3) is 0 Å². The third-order valence-electron chi connectivity index (χ3n) is 3.21. The minimum atomic E-state index is -0.442. The predicted molar refractivity (Wildman–Crippen MR) is 79.5 cm³/mol. The molecular weight excluding hydrogens is 256 g/mol. The number of hydrogen-bond acceptors (Lipinski definition) is 3. The van der Waals surface area contributed by atoms with Gasteiger partial charge in [-0.2, -0.15) is 16.4 Å². The smallest absolute Gasteiger partial charge is 0.0826 e. The van der Waals surface area contributed by atoms with Crippen LogP contribution < -0.4 is 0 Å². The molecule has 104 valence electrons. The molecule has 2 aromatic rings. The van der Waals surface area contributed by atoms with Gasteiger partial charge in [-0.1, -0.05) is 20.8 Å². The Kier molecular flexibility index (Phi) is 4.11. The first kappa shape index (κ1) is 14.3. The Morgan fingerprint density at radius 1 is 1.42 bits per heavy atom. The van der Waals surface area contributed by atoms with Crippen LogP contribution in [-0.4, -0.2) is 14.9 Å². The Morgan fingerprint density at radius 2 is 2.16 bits per heavy atom. The number of aromatic nitrogens is 2. The van der Waals surface area contributed by atoms with E-state index in [1.54, 1.807) is 16.0 Å². The van der Waals surface area contributed by atoms with Crippen LogP contribution in [0, 0.1) is 0 Å². The summed E-state index contributed by atoms with van der Waals surface area (Å²) < 4.78 is 1.80. The second-order valence-corrected chi connectivity index (χ2v) is 6.82. The fourth-order valence-corrected chi connectivity index (χ4v) is 2.93. The van der Waals surface area contributed by atoms with Crippen molar-refractivity contribution in [3.63, 3.8) is 0 Å². The van der Waals surface area contributed by atoms with E-state index >= 15 is 0 Å². The Balaban J connectivity index is 2.12. The largest absolute Gasteiger partial charge is 0.388 e. The van der Waals surface area contributed by atoms with Crippen molar-refractivity contribution < 1.29 is 5.11 Å². The molecule has 0 radical (unpaired) electrons. The van der Waals surface area contributed by atoms with E-state index in [1.165, 1.54) is 5.56 Å². The predicted octanol–water partition coefficient (Wildman–Crippen LogP) is 3.45. The van der Waals surface area contributed by atoms with Crippen LogP contribution in [0.15, 0.2) is 23.0 Å². The number of rotatable bonds is 4. The van der Waals surface area contributed by atoms with Gasteiger partial charge in [-0.25, -0.2) is 0 Å². The Labute approximate surface area is 118 Å². The first-order valence-electron chi connectivity index (χ1n) is 6.61. The molecule has 1 unspecified atom stereocenters. The van der Waals surface area contributed by atoms with Gasteiger partial charge in [0.1, 0.15) is 0 Å². The van der Waals surface area contributed by atoms with Crippen LogP contribution in [0.3, 0.4) is 0 Å². The minimum Gasteiger partial charge on any atom is -0.388 e. The summed E-state index contributed by atoms with van der Waals surface area (Å²) in [5.74, 6) is 0. The number of nitrogens with zero attached hydrogens (tertiary/aromatic N) is 2. The average molecular weight is 278 g/mol. The molecule has 1 N–H and O–H groups in total. The zero-order valence-corrected chi connectivity index (χ0v) is 12.9. The quantitative estimate of drug-likeness (QED) is 0.930. The summed E-state index contributed by atoms with van der Waals surface area (Å²) in [5.41, 5.74) is 3.21. The summed E-state index contributed by atoms with van der Waals surface area (Å²) in [6.45, 7) is 6.39. The van der Waals surface area contributed by atoms with Crippen LogP contribution in [0.5, 0.6) is 0 Å². The molecule has 19 heavy (non-hydrogen) atoms. The second kappa shape index (κ2) is 5.47. The van der Waals surface area contributed by atoms with Gasteiger partial charge < -0.3 is 5.11 Å². The van der Waals surface area contributed by atoms with Crippen LogP contribution >= 0.6 is 11.3 Å². The molecule has 0 saturated heterocycles. The van der Waals surface area contributed by atoms with Crippen LogP contribution in [0.25, 0.3) is 0 Å². The van der Waals surface area contributed by atoms with Gasteiger partial charge >= 0.3 is 0 Å². The second-order valence-electron chi connectivity index (χ2n) is 6.04. The molecule has 2 heterocycles. The first-order chi connectivity index (χ1) is 8.88. The molecular formula is C15H22N2OS. The van der Waals surface area contributed by atoms with E-state index in [0.717, 1.165) is 24.1 Å². The molecule has 0 amide bonds. The van der Waals surface area contributed by atoms with E-state index in [4.69, 9.17) is 0 Å². The van der Waals surface area contributed by atoms with Gasteiger partial charge in [0.2, 0.25) is 0 Å². The average Bonchev–Trinajstić information content (AvgIpc) is 2.93. The third kappa shape index (κ3) is 3.45. The van der Waals surface area contributed by atoms with Crippen LogP contribution in [0.2, 0.25) is 0 Å². The summed E-state index contributed by atoms with van der Waals surface area (Å²) in [7, 11) is 1.91. The molecule has 0 aliphatic rings. The lowest BCUT2D eigenvalue weighted by Crippen LogP contribution is -2.16. The van der Waals surface area contributed by atoms with Crippen LogP contribution in [0.1, 0.15) is 50.1 Å². The monoisotopic (exact) mass is 278 g/mol. The summed E-state index contributed by atoms with van der Waals surface area (Å²) in [6, 6.07) is 2.12. The number of thiophene rings is 1. The Bertz CT molecular complexity index is 523. The molecule has 0 aromatic carbocycles. The number of aliphatic hydroxyl groups excluding tert-OH is 1. The highest BCUT2D eigenvalue weighted by Gasteiger charge is 2.25. The number of aryl methyl sites for hydroxylation is 2. The van der Waals surface area contributed by atoms with E-state index in [1.807, 2.05) is 13.2 Å². The van der Waals surface area contributed by atoms with E-state index in [2.05, 4.69) is 42.7 Å². The first-order valence-corrected chi connectivity index (χ1v) is 7.55. The van der Waals surface area contributed by atoms with Crippen molar-refractivity contribution in [3.8, 4) is 0 Å². The van der Waals surface area contributed by atoms with E-state index in [9.17, 15) is 5.11 Å². The van der Waals surface area contributed by atoms with Gasteiger partial charge in [-0.05, 0) is 35.2 Å². The zero-order chi connectivity index (χ0) is 14.0. The highest BCUT2D eigenvalue weighted by molar-refractivity contribution is 7.07. The topological polar surface area (TPSA) is 38.0 Å². The maximum Gasteiger partial charge on any atom is 0.0826 e. The molecule has 4 heteroatoms. The number of hydrogen-bond donors (Lipinski definition) is 1. The highest BCUT2D eigenvalue weighted by Crippen LogP contribution is 2.30. The summed E-state index contributed by atoms with van der Waals surface area (Å²) in [4.78, 5) is 0. The van der Waals surface area contributed by atoms with Crippen LogP contribution in [-0.2, 0) is 18.9 Å². The Hall–Kier alpha value is -1.13. The fraction of sp³-hybridized carbons (Fsp3) is 0.533. The number of aliphatic hydroxyl groups is 1. The normalized spacial score (nSPS) is 13.7. The summed E-state index contributed by atoms with van der Waals surface area (Å²) in [5, 5.41) is 19.1. The van der Waals surface area contributed by atoms with Crippen molar-refractivity contribution in [1.82, 2.24) is 9.78 Å². The SMILES string of the molecule is Cn1cc(C(O)CCc2ccsc2)c(C(C)(C)C)n1. The lowest BCUT2D eigenvalue weighted by atomic mass is 9.87. The van der Waals surface area contributed by atoms with Crippen molar-refractivity contribution in [3.05, 3.63) is 39.8 Å². The zero-order valence-electron chi connectivity index (χ0n) is 12.1. The Morgan fingerprint density at radius 3 is 2.74 bits per heavy atom. The summed E-state index contributed by atoms with van der Waals surface area (Å²) in [6.07, 6.45) is 3.15. The minimum absolute atomic E-state index is 0.0417. The maximum absolute atomic E-state index is 10.4. The maximum atomic E-state index is 10.4. The van der Waals surface area contributed by atoms with Gasteiger partial charge in [-0.15, -0.1) is 0 Å². The van der Waals surface area contributed by atoms with Gasteiger partial charge in [0.15, 0.2) is 0 Å². The van der Waals surface area contributed by atoms with Crippen molar-refractivity contribution in [2.75, 3.05) is 0 Å². The van der Waals surface area contributed by atoms with E-state index < -0.39 is 6.10 Å². The molecule has 2 rings (SSSR count). The third-order valence-corrected chi connectivity index (χ3v) is 3.95. The van der Waals surface area contributed by atoms with Crippen molar-refractivity contribution in [2.24, 2.45) is 7.05 Å². The van der Waals surface area contributed by atoms with E-state index in [0.29, 0.717) is 0 Å². The highest BCUT2D eigenvalue weighted by atomic mass is 32.1. The van der Waals surface area contributed by atoms with Gasteiger partial charge in [-0.3, -0.25) is 4.68 Å². The molecule has 0 aliphatic heterocycles. The molecule has 2 aromatic heterocycles. The molecule has 1 atom stereocenters. The van der Waals surface area contributed by atoms with Crippen molar-refractivity contribution in [1.29, 1.82) is 0 Å². The lowest BCUT2D eigenvalue weighted by Gasteiger charge is -2.19. The molecule has 3 nitrogen and oxygen atoms in total. The molecule has 0 spiro atoms.